The van der Waals surface area contributed by atoms with Gasteiger partial charge in [0.05, 0.1) is 18.2 Å². The fourth-order valence-corrected chi connectivity index (χ4v) is 2.64. The SMILES string of the molecule is O=C(C(F)F)N1CCOC(CNc2nc(Cl)cc3nccnc23)C1. The molecule has 1 saturated heterocycles. The average molecular weight is 358 g/mol. The number of hydrogen-bond acceptors (Lipinski definition) is 6. The van der Waals surface area contributed by atoms with E-state index >= 15 is 0 Å². The van der Waals surface area contributed by atoms with E-state index < -0.39 is 18.4 Å². The van der Waals surface area contributed by atoms with E-state index in [0.29, 0.717) is 16.9 Å². The summed E-state index contributed by atoms with van der Waals surface area (Å²) in [5.41, 5.74) is 1.12. The molecule has 2 aromatic heterocycles. The van der Waals surface area contributed by atoms with Crippen LogP contribution in [0, 0.1) is 0 Å². The van der Waals surface area contributed by atoms with E-state index in [1.807, 2.05) is 0 Å². The van der Waals surface area contributed by atoms with Crippen molar-refractivity contribution in [3.8, 4) is 0 Å². The third-order valence-corrected chi connectivity index (χ3v) is 3.75. The molecule has 10 heteroatoms. The second-order valence-corrected chi connectivity index (χ2v) is 5.56. The van der Waals surface area contributed by atoms with Gasteiger partial charge in [-0.1, -0.05) is 11.6 Å². The zero-order valence-electron chi connectivity index (χ0n) is 12.5. The number of nitrogens with one attached hydrogen (secondary N) is 1. The molecule has 3 rings (SSSR count). The van der Waals surface area contributed by atoms with Crippen LogP contribution >= 0.6 is 11.6 Å². The second kappa shape index (κ2) is 7.18. The number of fused-ring (bicyclic) bond motifs is 1. The molecule has 24 heavy (non-hydrogen) atoms. The van der Waals surface area contributed by atoms with Crippen molar-refractivity contribution in [2.24, 2.45) is 0 Å². The topological polar surface area (TPSA) is 80.2 Å². The number of anilines is 1. The molecular weight excluding hydrogens is 344 g/mol. The van der Waals surface area contributed by atoms with Gasteiger partial charge in [-0.05, 0) is 0 Å². The van der Waals surface area contributed by atoms with Crippen LogP contribution in [0.1, 0.15) is 0 Å². The molecule has 0 saturated carbocycles. The lowest BCUT2D eigenvalue weighted by Crippen LogP contribution is -2.49. The third kappa shape index (κ3) is 3.68. The van der Waals surface area contributed by atoms with Gasteiger partial charge >= 0.3 is 6.43 Å². The summed E-state index contributed by atoms with van der Waals surface area (Å²) in [5.74, 6) is -0.757. The number of ether oxygens (including phenoxy) is 1. The smallest absolute Gasteiger partial charge is 0.315 e. The van der Waals surface area contributed by atoms with E-state index in [1.165, 1.54) is 6.20 Å². The Morgan fingerprint density at radius 1 is 1.46 bits per heavy atom. The number of carbonyl (C=O) groups is 1. The molecule has 0 aliphatic carbocycles. The molecule has 128 valence electrons. The molecule has 0 bridgehead atoms. The van der Waals surface area contributed by atoms with Gasteiger partial charge in [-0.2, -0.15) is 8.78 Å². The molecular formula is C14H14ClF2N5O2. The van der Waals surface area contributed by atoms with E-state index in [1.54, 1.807) is 12.3 Å². The zero-order chi connectivity index (χ0) is 17.1. The number of hydrogen-bond donors (Lipinski definition) is 1. The number of amides is 1. The normalized spacial score (nSPS) is 18.2. The summed E-state index contributed by atoms with van der Waals surface area (Å²) in [6.45, 7) is 0.713. The first kappa shape index (κ1) is 16.7. The monoisotopic (exact) mass is 357 g/mol. The minimum absolute atomic E-state index is 0.0837. The number of pyridine rings is 1. The number of carbonyl (C=O) groups excluding carboxylic acids is 1. The van der Waals surface area contributed by atoms with Crippen molar-refractivity contribution in [1.82, 2.24) is 19.9 Å². The maximum atomic E-state index is 12.5. The lowest BCUT2D eigenvalue weighted by molar-refractivity contribution is -0.149. The van der Waals surface area contributed by atoms with Gasteiger partial charge in [0.15, 0.2) is 5.82 Å². The first-order valence-corrected chi connectivity index (χ1v) is 7.62. The summed E-state index contributed by atoms with van der Waals surface area (Å²) in [6, 6.07) is 1.59. The van der Waals surface area contributed by atoms with E-state index in [9.17, 15) is 13.6 Å². The molecule has 3 heterocycles. The fourth-order valence-electron chi connectivity index (χ4n) is 2.46. The molecule has 2 aromatic rings. The Morgan fingerprint density at radius 3 is 3.04 bits per heavy atom. The van der Waals surface area contributed by atoms with Crippen molar-refractivity contribution in [2.75, 3.05) is 31.6 Å². The predicted octanol–water partition coefficient (Wildman–Crippen LogP) is 1.58. The maximum absolute atomic E-state index is 12.5. The Bertz CT molecular complexity index is 748. The Balaban J connectivity index is 1.69. The van der Waals surface area contributed by atoms with E-state index in [0.717, 1.165) is 4.90 Å². The van der Waals surface area contributed by atoms with Crippen molar-refractivity contribution >= 4 is 34.4 Å². The number of morpholine rings is 1. The van der Waals surface area contributed by atoms with Gasteiger partial charge in [0.25, 0.3) is 5.91 Å². The number of nitrogens with zero attached hydrogens (tertiary/aromatic N) is 4. The molecule has 0 aromatic carbocycles. The van der Waals surface area contributed by atoms with E-state index in [-0.39, 0.29) is 31.4 Å². The van der Waals surface area contributed by atoms with Gasteiger partial charge < -0.3 is 15.0 Å². The molecule has 7 nitrogen and oxygen atoms in total. The summed E-state index contributed by atoms with van der Waals surface area (Å²) >= 11 is 5.96. The standard InChI is InChI=1S/C14H14ClF2N5O2/c15-10-5-9-11(19-2-1-18-9)13(21-10)20-6-8-7-22(3-4-24-8)14(23)12(16)17/h1-2,5,8,12H,3-4,6-7H2,(H,20,21). The number of rotatable bonds is 4. The van der Waals surface area contributed by atoms with Gasteiger partial charge in [-0.15, -0.1) is 0 Å². The summed E-state index contributed by atoms with van der Waals surface area (Å²) in [7, 11) is 0. The molecule has 1 aliphatic heterocycles. The highest BCUT2D eigenvalue weighted by molar-refractivity contribution is 6.30. The van der Waals surface area contributed by atoms with Gasteiger partial charge in [0, 0.05) is 38.1 Å². The van der Waals surface area contributed by atoms with Crippen LogP contribution in [0.5, 0.6) is 0 Å². The highest BCUT2D eigenvalue weighted by atomic mass is 35.5. The lowest BCUT2D eigenvalue weighted by Gasteiger charge is -2.32. The Kier molecular flexibility index (Phi) is 5.00. The minimum atomic E-state index is -3.01. The molecule has 1 atom stereocenters. The van der Waals surface area contributed by atoms with Crippen LogP contribution in [0.3, 0.4) is 0 Å². The molecule has 1 amide bonds. The highest BCUT2D eigenvalue weighted by Crippen LogP contribution is 2.21. The van der Waals surface area contributed by atoms with Crippen molar-refractivity contribution in [3.05, 3.63) is 23.6 Å². The molecule has 1 aliphatic rings. The molecule has 0 spiro atoms. The number of halogens is 3. The highest BCUT2D eigenvalue weighted by Gasteiger charge is 2.29. The molecule has 1 fully saturated rings. The van der Waals surface area contributed by atoms with Crippen molar-refractivity contribution < 1.29 is 18.3 Å². The Morgan fingerprint density at radius 2 is 2.25 bits per heavy atom. The zero-order valence-corrected chi connectivity index (χ0v) is 13.2. The maximum Gasteiger partial charge on any atom is 0.315 e. The average Bonchev–Trinajstić information content (AvgIpc) is 2.59. The van der Waals surface area contributed by atoms with Gasteiger partial charge in [-0.25, -0.2) is 9.97 Å². The van der Waals surface area contributed by atoms with E-state index in [2.05, 4.69) is 20.3 Å². The summed E-state index contributed by atoms with van der Waals surface area (Å²) in [6.07, 6.45) is -0.372. The minimum Gasteiger partial charge on any atom is -0.373 e. The van der Waals surface area contributed by atoms with E-state index in [4.69, 9.17) is 16.3 Å². The van der Waals surface area contributed by atoms with Gasteiger partial charge in [-0.3, -0.25) is 9.78 Å². The van der Waals surface area contributed by atoms with Crippen molar-refractivity contribution in [3.63, 3.8) is 0 Å². The van der Waals surface area contributed by atoms with Gasteiger partial charge in [0.1, 0.15) is 10.7 Å². The molecule has 0 radical (unpaired) electrons. The second-order valence-electron chi connectivity index (χ2n) is 5.18. The van der Waals surface area contributed by atoms with Crippen molar-refractivity contribution in [1.29, 1.82) is 0 Å². The Labute approximate surface area is 141 Å². The van der Waals surface area contributed by atoms with Crippen LogP contribution in [0.2, 0.25) is 5.15 Å². The molecule has 1 N–H and O–H groups in total. The largest absolute Gasteiger partial charge is 0.373 e. The first-order chi connectivity index (χ1) is 11.5. The lowest BCUT2D eigenvalue weighted by atomic mass is 10.2. The molecule has 1 unspecified atom stereocenters. The quantitative estimate of drug-likeness (QED) is 0.837. The summed E-state index contributed by atoms with van der Waals surface area (Å²) in [5, 5.41) is 3.29. The van der Waals surface area contributed by atoms with Crippen LogP contribution in [0.15, 0.2) is 18.5 Å². The van der Waals surface area contributed by atoms with Crippen LogP contribution in [0.4, 0.5) is 14.6 Å². The predicted molar refractivity (Wildman–Crippen MR) is 83.2 cm³/mol. The first-order valence-electron chi connectivity index (χ1n) is 7.24. The van der Waals surface area contributed by atoms with Crippen LogP contribution in [-0.4, -0.2) is 64.5 Å². The van der Waals surface area contributed by atoms with Crippen LogP contribution in [-0.2, 0) is 9.53 Å². The summed E-state index contributed by atoms with van der Waals surface area (Å²) < 4.78 is 30.5. The van der Waals surface area contributed by atoms with Gasteiger partial charge in [0.2, 0.25) is 0 Å². The third-order valence-electron chi connectivity index (χ3n) is 3.56. The fraction of sp³-hybridized carbons (Fsp3) is 0.429. The number of aromatic nitrogens is 3. The Hall–Kier alpha value is -2.13. The number of alkyl halides is 2. The van der Waals surface area contributed by atoms with Crippen LogP contribution < -0.4 is 5.32 Å². The van der Waals surface area contributed by atoms with Crippen molar-refractivity contribution in [2.45, 2.75) is 12.5 Å². The summed E-state index contributed by atoms with van der Waals surface area (Å²) in [4.78, 5) is 25.0. The van der Waals surface area contributed by atoms with Crippen LogP contribution in [0.25, 0.3) is 11.0 Å².